The molecule has 228 valence electrons. The Kier molecular flexibility index (Phi) is 10.4. The fourth-order valence-electron chi connectivity index (χ4n) is 4.91. The Balaban J connectivity index is 1.22. The Morgan fingerprint density at radius 1 is 1.02 bits per heavy atom. The number of carbonyl (C=O) groups is 5. The molecule has 0 aromatic heterocycles. The van der Waals surface area contributed by atoms with E-state index in [0.29, 0.717) is 49.7 Å². The van der Waals surface area contributed by atoms with Crippen molar-refractivity contribution in [1.29, 1.82) is 5.41 Å². The van der Waals surface area contributed by atoms with Crippen LogP contribution in [0.3, 0.4) is 0 Å². The highest BCUT2D eigenvalue weighted by molar-refractivity contribution is 5.98. The van der Waals surface area contributed by atoms with Crippen LogP contribution in [0.2, 0.25) is 0 Å². The fourth-order valence-corrected chi connectivity index (χ4v) is 4.91. The lowest BCUT2D eigenvalue weighted by Gasteiger charge is -2.36. The maximum Gasteiger partial charge on any atom is 0.414 e. The van der Waals surface area contributed by atoms with E-state index in [9.17, 15) is 24.0 Å². The summed E-state index contributed by atoms with van der Waals surface area (Å²) in [6.07, 6.45) is 0.0533. The largest absolute Gasteiger partial charge is 0.442 e. The molecule has 0 unspecified atom stereocenters. The molecule has 1 atom stereocenters. The van der Waals surface area contributed by atoms with E-state index >= 15 is 4.39 Å². The number of carbonyl (C=O) groups excluding carboxylic acids is 5. The Morgan fingerprint density at radius 2 is 1.74 bits per heavy atom. The molecular weight excluding hydrogens is 559 g/mol. The highest BCUT2D eigenvalue weighted by Crippen LogP contribution is 2.28. The van der Waals surface area contributed by atoms with Crippen LogP contribution in [0.5, 0.6) is 0 Å². The molecule has 2 aliphatic heterocycles. The van der Waals surface area contributed by atoms with E-state index < -0.39 is 18.0 Å². The molecule has 2 heterocycles. The van der Waals surface area contributed by atoms with Crippen LogP contribution in [0.1, 0.15) is 42.1 Å². The van der Waals surface area contributed by atoms with Gasteiger partial charge in [-0.05, 0) is 23.8 Å². The number of nitrogens with one attached hydrogen (secondary N) is 3. The molecule has 2 fully saturated rings. The lowest BCUT2D eigenvalue weighted by molar-refractivity contribution is -0.131. The van der Waals surface area contributed by atoms with Crippen LogP contribution in [0.25, 0.3) is 0 Å². The number of piperazine rings is 1. The summed E-state index contributed by atoms with van der Waals surface area (Å²) in [5.74, 6) is -1.28. The van der Waals surface area contributed by atoms with Gasteiger partial charge in [0.1, 0.15) is 11.9 Å². The average molecular weight is 595 g/mol. The number of cyclic esters (lactones) is 1. The van der Waals surface area contributed by atoms with Gasteiger partial charge in [-0.2, -0.15) is 0 Å². The summed E-state index contributed by atoms with van der Waals surface area (Å²) in [6.45, 7) is 3.64. The van der Waals surface area contributed by atoms with Crippen LogP contribution in [0.4, 0.5) is 20.6 Å². The third-order valence-electron chi connectivity index (χ3n) is 7.29. The minimum Gasteiger partial charge on any atom is -0.442 e. The molecule has 0 spiro atoms. The topological polar surface area (TPSA) is 152 Å². The standard InChI is InChI=1S/C30H35FN6O6/c1-20(38)33-18-24-19-37(30(42)43-24)23-6-7-26(25(31)16-23)35-12-14-36(15-13-35)29(41)9-8-27(39)22-4-2-21(3-5-22)17-34-28(40)10-11-32/h2-7,11,16,24,32H,8-10,12-15,17-19H2,1H3,(H,33,38)(H,34,40)/t24-/m0/s1. The van der Waals surface area contributed by atoms with Crippen molar-refractivity contribution in [2.45, 2.75) is 38.8 Å². The van der Waals surface area contributed by atoms with Gasteiger partial charge in [0.25, 0.3) is 0 Å². The molecule has 0 saturated carbocycles. The van der Waals surface area contributed by atoms with Crippen molar-refractivity contribution in [3.63, 3.8) is 0 Å². The van der Waals surface area contributed by atoms with Gasteiger partial charge in [0.15, 0.2) is 5.78 Å². The van der Waals surface area contributed by atoms with Gasteiger partial charge < -0.3 is 30.6 Å². The van der Waals surface area contributed by atoms with Crippen molar-refractivity contribution in [2.24, 2.45) is 0 Å². The van der Waals surface area contributed by atoms with Gasteiger partial charge in [-0.25, -0.2) is 9.18 Å². The molecular formula is C30H35FN6O6. The zero-order chi connectivity index (χ0) is 30.9. The first kappa shape index (κ1) is 31.1. The Hall–Kier alpha value is -4.81. The molecule has 4 rings (SSSR count). The van der Waals surface area contributed by atoms with E-state index in [4.69, 9.17) is 10.1 Å². The second-order valence-electron chi connectivity index (χ2n) is 10.4. The molecule has 0 radical (unpaired) electrons. The minimum atomic E-state index is -0.605. The number of amides is 4. The van der Waals surface area contributed by atoms with E-state index in [1.807, 2.05) is 4.90 Å². The van der Waals surface area contributed by atoms with Crippen LogP contribution in [0, 0.1) is 11.2 Å². The second-order valence-corrected chi connectivity index (χ2v) is 10.4. The maximum absolute atomic E-state index is 15.1. The van der Waals surface area contributed by atoms with Crippen LogP contribution >= 0.6 is 0 Å². The predicted octanol–water partition coefficient (Wildman–Crippen LogP) is 2.25. The summed E-state index contributed by atoms with van der Waals surface area (Å²) >= 11 is 0. The number of nitrogens with zero attached hydrogens (tertiary/aromatic N) is 3. The summed E-state index contributed by atoms with van der Waals surface area (Å²) in [7, 11) is 0. The monoisotopic (exact) mass is 594 g/mol. The van der Waals surface area contributed by atoms with Crippen molar-refractivity contribution in [2.75, 3.05) is 49.1 Å². The molecule has 4 amide bonds. The first-order valence-corrected chi connectivity index (χ1v) is 14.1. The molecule has 2 aromatic carbocycles. The lowest BCUT2D eigenvalue weighted by Crippen LogP contribution is -2.49. The molecule has 43 heavy (non-hydrogen) atoms. The number of Topliss-reactive ketones (excluding diaryl/α,β-unsaturated/α-hetero) is 1. The van der Waals surface area contributed by atoms with E-state index in [2.05, 4.69) is 10.6 Å². The number of halogens is 1. The SMILES string of the molecule is CC(=O)NC[C@H]1CN(c2ccc(N3CCN(C(=O)CCC(=O)c4ccc(CNC(=O)CC=N)cc4)CC3)c(F)c2)C(=O)O1. The van der Waals surface area contributed by atoms with Gasteiger partial charge in [-0.1, -0.05) is 24.3 Å². The quantitative estimate of drug-likeness (QED) is 0.252. The Labute approximate surface area is 248 Å². The van der Waals surface area contributed by atoms with Crippen LogP contribution in [-0.2, 0) is 25.7 Å². The molecule has 0 aliphatic carbocycles. The Morgan fingerprint density at radius 3 is 2.40 bits per heavy atom. The molecule has 0 bridgehead atoms. The normalized spacial score (nSPS) is 16.5. The highest BCUT2D eigenvalue weighted by atomic mass is 19.1. The highest BCUT2D eigenvalue weighted by Gasteiger charge is 2.33. The summed E-state index contributed by atoms with van der Waals surface area (Å²) in [5, 5.41) is 12.2. The number of anilines is 2. The lowest BCUT2D eigenvalue weighted by atomic mass is 10.0. The van der Waals surface area contributed by atoms with Gasteiger partial charge in [-0.15, -0.1) is 0 Å². The third-order valence-corrected chi connectivity index (χ3v) is 7.29. The number of hydrogen-bond donors (Lipinski definition) is 3. The number of hydrogen-bond acceptors (Lipinski definition) is 8. The van der Waals surface area contributed by atoms with E-state index in [-0.39, 0.29) is 55.9 Å². The first-order chi connectivity index (χ1) is 20.6. The second kappa shape index (κ2) is 14.4. The number of ether oxygens (including phenoxy) is 1. The summed E-state index contributed by atoms with van der Waals surface area (Å²) in [5.41, 5.74) is 2.03. The zero-order valence-corrected chi connectivity index (χ0v) is 23.9. The van der Waals surface area contributed by atoms with E-state index in [1.165, 1.54) is 17.9 Å². The molecule has 13 heteroatoms. The van der Waals surface area contributed by atoms with Crippen molar-refractivity contribution in [3.05, 3.63) is 59.4 Å². The van der Waals surface area contributed by atoms with Crippen molar-refractivity contribution >= 4 is 47.2 Å². The van der Waals surface area contributed by atoms with Gasteiger partial charge in [-0.3, -0.25) is 24.1 Å². The fraction of sp³-hybridized carbons (Fsp3) is 0.400. The third kappa shape index (κ3) is 8.37. The van der Waals surface area contributed by atoms with E-state index in [1.54, 1.807) is 41.3 Å². The van der Waals surface area contributed by atoms with Crippen molar-refractivity contribution in [1.82, 2.24) is 15.5 Å². The molecule has 2 saturated heterocycles. The number of benzene rings is 2. The van der Waals surface area contributed by atoms with E-state index in [0.717, 1.165) is 11.8 Å². The molecule has 12 nitrogen and oxygen atoms in total. The first-order valence-electron chi connectivity index (χ1n) is 14.1. The van der Waals surface area contributed by atoms with Crippen molar-refractivity contribution < 1.29 is 33.1 Å². The summed E-state index contributed by atoms with van der Waals surface area (Å²) in [6, 6.07) is 11.3. The van der Waals surface area contributed by atoms with Gasteiger partial charge >= 0.3 is 6.09 Å². The molecule has 3 N–H and O–H groups in total. The van der Waals surface area contributed by atoms with Gasteiger partial charge in [0, 0.05) is 64.3 Å². The van der Waals surface area contributed by atoms with Crippen LogP contribution < -0.4 is 20.4 Å². The summed E-state index contributed by atoms with van der Waals surface area (Å²) in [4.78, 5) is 65.1. The molecule has 2 aromatic rings. The number of ketones is 1. The Bertz CT molecular complexity index is 1380. The average Bonchev–Trinajstić information content (AvgIpc) is 3.38. The zero-order valence-electron chi connectivity index (χ0n) is 23.9. The van der Waals surface area contributed by atoms with Crippen LogP contribution in [-0.4, -0.2) is 86.1 Å². The number of rotatable bonds is 12. The van der Waals surface area contributed by atoms with Crippen molar-refractivity contribution in [3.8, 4) is 0 Å². The van der Waals surface area contributed by atoms with Crippen LogP contribution in [0.15, 0.2) is 42.5 Å². The molecule has 2 aliphatic rings. The predicted molar refractivity (Wildman–Crippen MR) is 157 cm³/mol. The minimum absolute atomic E-state index is 0.0198. The van der Waals surface area contributed by atoms with Gasteiger partial charge in [0.05, 0.1) is 30.9 Å². The summed E-state index contributed by atoms with van der Waals surface area (Å²) < 4.78 is 20.4. The maximum atomic E-state index is 15.1. The van der Waals surface area contributed by atoms with Gasteiger partial charge in [0.2, 0.25) is 17.7 Å². The smallest absolute Gasteiger partial charge is 0.414 e.